The molecule has 4 heteroatoms. The molecule has 0 spiro atoms. The second-order valence-corrected chi connectivity index (χ2v) is 6.83. The first-order valence-corrected chi connectivity index (χ1v) is 8.14. The van der Waals surface area contributed by atoms with Gasteiger partial charge >= 0.3 is 0 Å². The van der Waals surface area contributed by atoms with Crippen molar-refractivity contribution < 1.29 is 0 Å². The Kier molecular flexibility index (Phi) is 4.25. The van der Waals surface area contributed by atoms with Gasteiger partial charge in [-0.1, -0.05) is 57.3 Å². The molecule has 1 aliphatic carbocycles. The first kappa shape index (κ1) is 14.2. The Morgan fingerprint density at radius 1 is 1.00 bits per heavy atom. The number of nitrogens with one attached hydrogen (secondary N) is 1. The van der Waals surface area contributed by atoms with E-state index in [2.05, 4.69) is 45.5 Å². The highest BCUT2D eigenvalue weighted by Gasteiger charge is 2.31. The summed E-state index contributed by atoms with van der Waals surface area (Å²) in [6.45, 7) is 0. The molecule has 1 aliphatic rings. The van der Waals surface area contributed by atoms with Gasteiger partial charge in [0.2, 0.25) is 0 Å². The lowest BCUT2D eigenvalue weighted by molar-refractivity contribution is 0.373. The minimum Gasteiger partial charge on any atom is -0.382 e. The summed E-state index contributed by atoms with van der Waals surface area (Å²) in [5, 5.41) is 4.70. The van der Waals surface area contributed by atoms with Crippen LogP contribution in [0.5, 0.6) is 0 Å². The van der Waals surface area contributed by atoms with Gasteiger partial charge in [-0.05, 0) is 48.6 Å². The fourth-order valence-electron chi connectivity index (χ4n) is 2.62. The maximum atomic E-state index is 6.03. The van der Waals surface area contributed by atoms with Crippen LogP contribution in [0.1, 0.15) is 24.3 Å². The molecule has 2 aromatic rings. The van der Waals surface area contributed by atoms with Gasteiger partial charge in [0, 0.05) is 16.2 Å². The van der Waals surface area contributed by atoms with Gasteiger partial charge in [-0.15, -0.1) is 0 Å². The van der Waals surface area contributed by atoms with E-state index in [9.17, 15) is 0 Å². The van der Waals surface area contributed by atoms with Crippen molar-refractivity contribution in [2.24, 2.45) is 0 Å². The number of halogens is 3. The Morgan fingerprint density at radius 2 is 1.75 bits per heavy atom. The van der Waals surface area contributed by atoms with Crippen molar-refractivity contribution >= 4 is 44.8 Å². The second-order valence-electron chi connectivity index (χ2n) is 5.16. The van der Waals surface area contributed by atoms with E-state index >= 15 is 0 Å². The van der Waals surface area contributed by atoms with Crippen LogP contribution in [0.2, 0.25) is 10.0 Å². The highest BCUT2D eigenvalue weighted by molar-refractivity contribution is 9.10. The largest absolute Gasteiger partial charge is 0.382 e. The lowest BCUT2D eigenvalue weighted by Gasteiger charge is -2.37. The minimum atomic E-state index is 0.504. The van der Waals surface area contributed by atoms with E-state index in [0.29, 0.717) is 22.0 Å². The van der Waals surface area contributed by atoms with Crippen LogP contribution in [0.3, 0.4) is 0 Å². The van der Waals surface area contributed by atoms with Gasteiger partial charge < -0.3 is 5.32 Å². The molecule has 0 aromatic heterocycles. The molecule has 0 bridgehead atoms. The Labute approximate surface area is 137 Å². The maximum Gasteiger partial charge on any atom is 0.0612 e. The molecule has 0 amide bonds. The van der Waals surface area contributed by atoms with Gasteiger partial charge in [0.05, 0.1) is 10.0 Å². The molecular formula is C16H14BrCl2N. The second kappa shape index (κ2) is 5.97. The molecule has 1 nitrogen and oxygen atoms in total. The van der Waals surface area contributed by atoms with Crippen LogP contribution in [0, 0.1) is 0 Å². The number of rotatable bonds is 3. The number of anilines is 1. The molecular weight excluding hydrogens is 357 g/mol. The summed E-state index contributed by atoms with van der Waals surface area (Å²) < 4.78 is 1.21. The molecule has 0 aliphatic heterocycles. The van der Waals surface area contributed by atoms with Crippen molar-refractivity contribution in [2.45, 2.75) is 24.8 Å². The molecule has 20 heavy (non-hydrogen) atoms. The van der Waals surface area contributed by atoms with E-state index in [1.165, 1.54) is 10.0 Å². The van der Waals surface area contributed by atoms with Crippen molar-refractivity contribution in [3.05, 3.63) is 62.5 Å². The van der Waals surface area contributed by atoms with Crippen molar-refractivity contribution in [3.8, 4) is 0 Å². The normalized spacial score (nSPS) is 21.4. The van der Waals surface area contributed by atoms with Gasteiger partial charge in [-0.2, -0.15) is 0 Å². The van der Waals surface area contributed by atoms with Gasteiger partial charge in [-0.3, -0.25) is 0 Å². The van der Waals surface area contributed by atoms with Crippen molar-refractivity contribution in [3.63, 3.8) is 0 Å². The van der Waals surface area contributed by atoms with Crippen LogP contribution >= 0.6 is 39.1 Å². The lowest BCUT2D eigenvalue weighted by Crippen LogP contribution is -2.34. The van der Waals surface area contributed by atoms with Gasteiger partial charge in [-0.25, -0.2) is 0 Å². The Morgan fingerprint density at radius 3 is 2.45 bits per heavy atom. The van der Waals surface area contributed by atoms with Crippen LogP contribution in [0.4, 0.5) is 5.69 Å². The fraction of sp³-hybridized carbons (Fsp3) is 0.250. The summed E-state index contributed by atoms with van der Waals surface area (Å²) in [5.41, 5.74) is 2.44. The third-order valence-corrected chi connectivity index (χ3v) is 5.23. The first-order valence-electron chi connectivity index (χ1n) is 6.59. The molecule has 1 N–H and O–H groups in total. The quantitative estimate of drug-likeness (QED) is 0.686. The van der Waals surface area contributed by atoms with Crippen molar-refractivity contribution in [2.75, 3.05) is 5.32 Å². The zero-order chi connectivity index (χ0) is 14.1. The van der Waals surface area contributed by atoms with Crippen LogP contribution in [-0.4, -0.2) is 6.04 Å². The zero-order valence-electron chi connectivity index (χ0n) is 10.7. The molecule has 0 atom stereocenters. The van der Waals surface area contributed by atoms with Gasteiger partial charge in [0.15, 0.2) is 0 Å². The van der Waals surface area contributed by atoms with Crippen LogP contribution in [0.25, 0.3) is 0 Å². The lowest BCUT2D eigenvalue weighted by atomic mass is 9.76. The van der Waals surface area contributed by atoms with Gasteiger partial charge in [0.25, 0.3) is 0 Å². The molecule has 0 unspecified atom stereocenters. The highest BCUT2D eigenvalue weighted by Crippen LogP contribution is 2.41. The molecule has 1 fully saturated rings. The molecule has 1 saturated carbocycles. The van der Waals surface area contributed by atoms with Gasteiger partial charge in [0.1, 0.15) is 0 Å². The topological polar surface area (TPSA) is 12.0 Å². The standard InChI is InChI=1S/C16H14BrCl2N/c17-14-4-2-1-3-13(14)10-7-12(8-10)20-11-5-6-15(18)16(19)9-11/h1-6,9-10,12,20H,7-8H2. The minimum absolute atomic E-state index is 0.504. The summed E-state index contributed by atoms with van der Waals surface area (Å²) in [4.78, 5) is 0. The van der Waals surface area contributed by atoms with Crippen molar-refractivity contribution in [1.82, 2.24) is 0 Å². The Hall–Kier alpha value is -0.700. The first-order chi connectivity index (χ1) is 9.63. The molecule has 104 valence electrons. The van der Waals surface area contributed by atoms with Crippen LogP contribution < -0.4 is 5.32 Å². The summed E-state index contributed by atoms with van der Waals surface area (Å²) in [7, 11) is 0. The van der Waals surface area contributed by atoms with Crippen LogP contribution in [-0.2, 0) is 0 Å². The van der Waals surface area contributed by atoms with E-state index in [0.717, 1.165) is 18.5 Å². The number of benzene rings is 2. The monoisotopic (exact) mass is 369 g/mol. The molecule has 2 aromatic carbocycles. The fourth-order valence-corrected chi connectivity index (χ4v) is 3.52. The summed E-state index contributed by atoms with van der Waals surface area (Å²) >= 11 is 15.6. The number of hydrogen-bond donors (Lipinski definition) is 1. The van der Waals surface area contributed by atoms with E-state index in [1.807, 2.05) is 18.2 Å². The van der Waals surface area contributed by atoms with Crippen LogP contribution in [0.15, 0.2) is 46.9 Å². The maximum absolute atomic E-state index is 6.03. The summed E-state index contributed by atoms with van der Waals surface area (Å²) in [5.74, 6) is 0.630. The Balaban J connectivity index is 1.61. The van der Waals surface area contributed by atoms with E-state index in [-0.39, 0.29) is 0 Å². The predicted molar refractivity (Wildman–Crippen MR) is 90.0 cm³/mol. The van der Waals surface area contributed by atoms with E-state index in [1.54, 1.807) is 0 Å². The molecule has 0 saturated heterocycles. The molecule has 0 heterocycles. The predicted octanol–water partition coefficient (Wildman–Crippen LogP) is 6.11. The average molecular weight is 371 g/mol. The van der Waals surface area contributed by atoms with E-state index < -0.39 is 0 Å². The van der Waals surface area contributed by atoms with E-state index in [4.69, 9.17) is 23.2 Å². The number of hydrogen-bond acceptors (Lipinski definition) is 1. The molecule has 3 rings (SSSR count). The zero-order valence-corrected chi connectivity index (χ0v) is 13.8. The smallest absolute Gasteiger partial charge is 0.0612 e. The highest BCUT2D eigenvalue weighted by atomic mass is 79.9. The third-order valence-electron chi connectivity index (χ3n) is 3.77. The summed E-state index contributed by atoms with van der Waals surface area (Å²) in [6.07, 6.45) is 2.28. The molecule has 0 radical (unpaired) electrons. The summed E-state index contributed by atoms with van der Waals surface area (Å²) in [6, 6.07) is 14.6. The SMILES string of the molecule is Clc1ccc(NC2CC(c3ccccc3Br)C2)cc1Cl. The average Bonchev–Trinajstić information content (AvgIpc) is 2.39. The third kappa shape index (κ3) is 2.98. The Bertz CT molecular complexity index is 624. The van der Waals surface area contributed by atoms with Crippen molar-refractivity contribution in [1.29, 1.82) is 0 Å².